The number of nitrogens with one attached hydrogen (secondary N) is 1. The first-order valence-corrected chi connectivity index (χ1v) is 10.9. The topological polar surface area (TPSA) is 53.0 Å². The molecule has 0 radical (unpaired) electrons. The number of aromatic nitrogens is 1. The van der Waals surface area contributed by atoms with E-state index in [9.17, 15) is 0 Å². The number of para-hydroxylation sites is 2. The average Bonchev–Trinajstić information content (AvgIpc) is 3.21. The predicted octanol–water partition coefficient (Wildman–Crippen LogP) is 3.56. The molecule has 2 heterocycles. The van der Waals surface area contributed by atoms with Gasteiger partial charge < -0.3 is 19.9 Å². The van der Waals surface area contributed by atoms with Crippen LogP contribution in [0.25, 0.3) is 0 Å². The van der Waals surface area contributed by atoms with Gasteiger partial charge in [-0.05, 0) is 19.1 Å². The fourth-order valence-electron chi connectivity index (χ4n) is 3.29. The van der Waals surface area contributed by atoms with Gasteiger partial charge in [-0.15, -0.1) is 11.3 Å². The van der Waals surface area contributed by atoms with Crippen molar-refractivity contribution >= 4 is 23.0 Å². The SMILES string of the molecule is CCNC(=NCc1csc(C(C)C)n1)N1CCN(c2ccccc2OC)CC1. The molecule has 0 atom stereocenters. The number of rotatable bonds is 6. The van der Waals surface area contributed by atoms with Crippen LogP contribution < -0.4 is 15.0 Å². The molecule has 0 aliphatic carbocycles. The Bertz CT molecular complexity index is 781. The number of hydrogen-bond acceptors (Lipinski definition) is 5. The highest BCUT2D eigenvalue weighted by molar-refractivity contribution is 7.09. The summed E-state index contributed by atoms with van der Waals surface area (Å²) in [6.45, 7) is 11.7. The van der Waals surface area contributed by atoms with Crippen LogP contribution in [0.2, 0.25) is 0 Å². The monoisotopic (exact) mass is 401 g/mol. The van der Waals surface area contributed by atoms with Gasteiger partial charge in [-0.1, -0.05) is 26.0 Å². The lowest BCUT2D eigenvalue weighted by molar-refractivity contribution is 0.367. The van der Waals surface area contributed by atoms with Gasteiger partial charge in [-0.25, -0.2) is 9.98 Å². The summed E-state index contributed by atoms with van der Waals surface area (Å²) in [7, 11) is 1.73. The molecule has 6 nitrogen and oxygen atoms in total. The number of hydrogen-bond donors (Lipinski definition) is 1. The minimum Gasteiger partial charge on any atom is -0.495 e. The summed E-state index contributed by atoms with van der Waals surface area (Å²) >= 11 is 1.73. The number of aliphatic imine (C=N–C) groups is 1. The Morgan fingerprint density at radius 3 is 2.64 bits per heavy atom. The van der Waals surface area contributed by atoms with Gasteiger partial charge in [0.2, 0.25) is 0 Å². The zero-order chi connectivity index (χ0) is 19.9. The molecule has 7 heteroatoms. The van der Waals surface area contributed by atoms with Crippen molar-refractivity contribution in [3.05, 3.63) is 40.3 Å². The van der Waals surface area contributed by atoms with Crippen LogP contribution >= 0.6 is 11.3 Å². The third-order valence-corrected chi connectivity index (χ3v) is 5.99. The summed E-state index contributed by atoms with van der Waals surface area (Å²) in [6.07, 6.45) is 0. The van der Waals surface area contributed by atoms with Crippen molar-refractivity contribution in [2.24, 2.45) is 4.99 Å². The number of piperazine rings is 1. The van der Waals surface area contributed by atoms with Crippen LogP contribution in [0.5, 0.6) is 5.75 Å². The first-order chi connectivity index (χ1) is 13.6. The predicted molar refractivity (Wildman–Crippen MR) is 118 cm³/mol. The maximum Gasteiger partial charge on any atom is 0.194 e. The normalized spacial score (nSPS) is 15.2. The van der Waals surface area contributed by atoms with Crippen LogP contribution in [-0.4, -0.2) is 55.7 Å². The molecule has 1 aromatic heterocycles. The Balaban J connectivity index is 1.63. The third kappa shape index (κ3) is 4.95. The number of guanidine groups is 1. The van der Waals surface area contributed by atoms with Gasteiger partial charge in [-0.3, -0.25) is 0 Å². The molecule has 1 aliphatic heterocycles. The molecule has 0 bridgehead atoms. The van der Waals surface area contributed by atoms with E-state index >= 15 is 0 Å². The van der Waals surface area contributed by atoms with E-state index in [0.29, 0.717) is 12.5 Å². The van der Waals surface area contributed by atoms with Gasteiger partial charge in [0.25, 0.3) is 0 Å². The summed E-state index contributed by atoms with van der Waals surface area (Å²) in [6, 6.07) is 8.22. The summed E-state index contributed by atoms with van der Waals surface area (Å²) in [4.78, 5) is 14.3. The van der Waals surface area contributed by atoms with E-state index in [0.717, 1.165) is 55.8 Å². The Labute approximate surface area is 172 Å². The molecule has 3 rings (SSSR count). The van der Waals surface area contributed by atoms with E-state index in [-0.39, 0.29) is 0 Å². The molecule has 0 spiro atoms. The standard InChI is InChI=1S/C21H31N5OS/c1-5-22-21(23-14-17-15-28-20(24-17)16(2)3)26-12-10-25(11-13-26)18-8-6-7-9-19(18)27-4/h6-9,15-16H,5,10-14H2,1-4H3,(H,22,23). The highest BCUT2D eigenvalue weighted by Gasteiger charge is 2.21. The molecular weight excluding hydrogens is 370 g/mol. The highest BCUT2D eigenvalue weighted by atomic mass is 32.1. The van der Waals surface area contributed by atoms with Crippen molar-refractivity contribution in [2.45, 2.75) is 33.2 Å². The molecule has 0 unspecified atom stereocenters. The number of thiazole rings is 1. The molecule has 28 heavy (non-hydrogen) atoms. The van der Waals surface area contributed by atoms with E-state index in [2.05, 4.69) is 53.4 Å². The minimum atomic E-state index is 0.471. The van der Waals surface area contributed by atoms with Crippen molar-refractivity contribution in [3.8, 4) is 5.75 Å². The van der Waals surface area contributed by atoms with Crippen molar-refractivity contribution in [1.29, 1.82) is 0 Å². The van der Waals surface area contributed by atoms with Crippen molar-refractivity contribution in [3.63, 3.8) is 0 Å². The molecule has 1 N–H and O–H groups in total. The van der Waals surface area contributed by atoms with Gasteiger partial charge in [0.1, 0.15) is 5.75 Å². The number of anilines is 1. The van der Waals surface area contributed by atoms with Crippen molar-refractivity contribution in [1.82, 2.24) is 15.2 Å². The highest BCUT2D eigenvalue weighted by Crippen LogP contribution is 2.28. The van der Waals surface area contributed by atoms with Crippen LogP contribution in [0, 0.1) is 0 Å². The van der Waals surface area contributed by atoms with Crippen molar-refractivity contribution in [2.75, 3.05) is 44.7 Å². The van der Waals surface area contributed by atoms with Gasteiger partial charge in [0.05, 0.1) is 30.0 Å². The maximum atomic E-state index is 5.52. The first-order valence-electron chi connectivity index (χ1n) is 9.97. The van der Waals surface area contributed by atoms with E-state index in [1.165, 1.54) is 5.01 Å². The van der Waals surface area contributed by atoms with E-state index in [1.54, 1.807) is 18.4 Å². The van der Waals surface area contributed by atoms with E-state index < -0.39 is 0 Å². The van der Waals surface area contributed by atoms with Gasteiger partial charge >= 0.3 is 0 Å². The Morgan fingerprint density at radius 1 is 1.25 bits per heavy atom. The smallest absolute Gasteiger partial charge is 0.194 e. The van der Waals surface area contributed by atoms with Crippen LogP contribution in [-0.2, 0) is 6.54 Å². The molecular formula is C21H31N5OS. The molecule has 1 aliphatic rings. The molecule has 1 aromatic carbocycles. The Hall–Kier alpha value is -2.28. The molecule has 0 amide bonds. The summed E-state index contributed by atoms with van der Waals surface area (Å²) in [5, 5.41) is 6.75. The van der Waals surface area contributed by atoms with Gasteiger partial charge in [0.15, 0.2) is 5.96 Å². The van der Waals surface area contributed by atoms with Crippen LogP contribution in [0.15, 0.2) is 34.6 Å². The quantitative estimate of drug-likeness (QED) is 0.592. The molecule has 1 saturated heterocycles. The second-order valence-electron chi connectivity index (χ2n) is 7.15. The zero-order valence-corrected chi connectivity index (χ0v) is 18.1. The minimum absolute atomic E-state index is 0.471. The summed E-state index contributed by atoms with van der Waals surface area (Å²) < 4.78 is 5.52. The van der Waals surface area contributed by atoms with Crippen molar-refractivity contribution < 1.29 is 4.74 Å². The second kappa shape index (κ2) is 9.78. The molecule has 152 valence electrons. The van der Waals surface area contributed by atoms with E-state index in [1.807, 2.05) is 12.1 Å². The number of methoxy groups -OCH3 is 1. The second-order valence-corrected chi connectivity index (χ2v) is 8.04. The maximum absolute atomic E-state index is 5.52. The lowest BCUT2D eigenvalue weighted by Gasteiger charge is -2.38. The van der Waals surface area contributed by atoms with Crippen LogP contribution in [0.3, 0.4) is 0 Å². The van der Waals surface area contributed by atoms with Gasteiger partial charge in [0, 0.05) is 44.0 Å². The average molecular weight is 402 g/mol. The third-order valence-electron chi connectivity index (χ3n) is 4.79. The van der Waals surface area contributed by atoms with Crippen LogP contribution in [0.4, 0.5) is 5.69 Å². The fraction of sp³-hybridized carbons (Fsp3) is 0.524. The number of nitrogens with zero attached hydrogens (tertiary/aromatic N) is 4. The fourth-order valence-corrected chi connectivity index (χ4v) is 4.12. The molecule has 0 saturated carbocycles. The molecule has 1 fully saturated rings. The van der Waals surface area contributed by atoms with Crippen LogP contribution in [0.1, 0.15) is 37.4 Å². The Kier molecular flexibility index (Phi) is 7.14. The number of ether oxygens (including phenoxy) is 1. The van der Waals surface area contributed by atoms with Gasteiger partial charge in [-0.2, -0.15) is 0 Å². The first kappa shape index (κ1) is 20.5. The van der Waals surface area contributed by atoms with E-state index in [4.69, 9.17) is 14.7 Å². The summed E-state index contributed by atoms with van der Waals surface area (Å²) in [5.74, 6) is 2.38. The lowest BCUT2D eigenvalue weighted by atomic mass is 10.2. The Morgan fingerprint density at radius 2 is 2.00 bits per heavy atom. The lowest BCUT2D eigenvalue weighted by Crippen LogP contribution is -2.52. The molecule has 2 aromatic rings. The summed E-state index contributed by atoms with van der Waals surface area (Å²) in [5.41, 5.74) is 2.21. The zero-order valence-electron chi connectivity index (χ0n) is 17.3. The number of benzene rings is 1. The largest absolute Gasteiger partial charge is 0.495 e.